The van der Waals surface area contributed by atoms with Crippen LogP contribution in [0.15, 0.2) is 53.0 Å². The van der Waals surface area contributed by atoms with Gasteiger partial charge in [-0.3, -0.25) is 11.3 Å². The number of hydrogen-bond donors (Lipinski definition) is 2. The zero-order valence-corrected chi connectivity index (χ0v) is 13.6. The van der Waals surface area contributed by atoms with Crippen LogP contribution in [0.4, 0.5) is 0 Å². The molecule has 2 atom stereocenters. The van der Waals surface area contributed by atoms with E-state index in [9.17, 15) is 0 Å². The first-order valence-corrected chi connectivity index (χ1v) is 8.33. The molecule has 3 heteroatoms. The number of hydrazine groups is 1. The van der Waals surface area contributed by atoms with E-state index in [0.717, 1.165) is 19.3 Å². The lowest BCUT2D eigenvalue weighted by Crippen LogP contribution is -2.44. The molecule has 0 fully saturated rings. The summed E-state index contributed by atoms with van der Waals surface area (Å²) < 4.78 is 1.17. The van der Waals surface area contributed by atoms with Crippen molar-refractivity contribution >= 4 is 15.9 Å². The Morgan fingerprint density at radius 2 is 1.81 bits per heavy atom. The molecular formula is C18H21BrN2. The van der Waals surface area contributed by atoms with E-state index in [0.29, 0.717) is 12.0 Å². The summed E-state index contributed by atoms with van der Waals surface area (Å²) in [6, 6.07) is 17.5. The third-order valence-corrected chi connectivity index (χ3v) is 5.34. The second-order valence-electron chi connectivity index (χ2n) is 5.84. The molecular weight excluding hydrogens is 324 g/mol. The third kappa shape index (κ3) is 3.37. The third-order valence-electron chi connectivity index (χ3n) is 4.57. The van der Waals surface area contributed by atoms with Gasteiger partial charge >= 0.3 is 0 Å². The standard InChI is InChI=1S/C18H21BrN2/c19-17-8-4-3-7-15(17)12-18(21-20)16-10-9-13-5-1-2-6-14(13)11-16/h1-8,16,18,21H,9-12,20H2. The van der Waals surface area contributed by atoms with Crippen molar-refractivity contribution in [3.05, 3.63) is 69.7 Å². The van der Waals surface area contributed by atoms with E-state index < -0.39 is 0 Å². The molecule has 1 aliphatic carbocycles. The summed E-state index contributed by atoms with van der Waals surface area (Å²) in [5.74, 6) is 6.45. The molecule has 2 unspecified atom stereocenters. The topological polar surface area (TPSA) is 38.0 Å². The van der Waals surface area contributed by atoms with Gasteiger partial charge in [0.2, 0.25) is 0 Å². The number of nitrogens with two attached hydrogens (primary N) is 1. The van der Waals surface area contributed by atoms with E-state index in [4.69, 9.17) is 5.84 Å². The van der Waals surface area contributed by atoms with E-state index in [1.54, 1.807) is 0 Å². The van der Waals surface area contributed by atoms with Gasteiger partial charge in [0.05, 0.1) is 0 Å². The first-order valence-electron chi connectivity index (χ1n) is 7.54. The quantitative estimate of drug-likeness (QED) is 0.656. The van der Waals surface area contributed by atoms with Gasteiger partial charge in [-0.25, -0.2) is 0 Å². The zero-order chi connectivity index (χ0) is 14.7. The highest BCUT2D eigenvalue weighted by molar-refractivity contribution is 9.10. The average Bonchev–Trinajstić information content (AvgIpc) is 2.54. The molecule has 3 rings (SSSR count). The van der Waals surface area contributed by atoms with Crippen LogP contribution in [-0.2, 0) is 19.3 Å². The van der Waals surface area contributed by atoms with Gasteiger partial charge in [-0.2, -0.15) is 0 Å². The van der Waals surface area contributed by atoms with Crippen LogP contribution in [0.1, 0.15) is 23.1 Å². The van der Waals surface area contributed by atoms with Gasteiger partial charge in [0.25, 0.3) is 0 Å². The van der Waals surface area contributed by atoms with Crippen LogP contribution in [0.3, 0.4) is 0 Å². The number of rotatable bonds is 4. The van der Waals surface area contributed by atoms with Gasteiger partial charge in [0.15, 0.2) is 0 Å². The lowest BCUT2D eigenvalue weighted by atomic mass is 9.78. The highest BCUT2D eigenvalue weighted by Crippen LogP contribution is 2.29. The Hall–Kier alpha value is -1.16. The monoisotopic (exact) mass is 344 g/mol. The van der Waals surface area contributed by atoms with Gasteiger partial charge in [-0.05, 0) is 54.4 Å². The summed E-state index contributed by atoms with van der Waals surface area (Å²) >= 11 is 3.64. The van der Waals surface area contributed by atoms with Gasteiger partial charge in [0, 0.05) is 10.5 Å². The van der Waals surface area contributed by atoms with E-state index in [-0.39, 0.29) is 0 Å². The Morgan fingerprint density at radius 1 is 1.10 bits per heavy atom. The maximum absolute atomic E-state index is 5.86. The van der Waals surface area contributed by atoms with Crippen molar-refractivity contribution in [2.45, 2.75) is 31.7 Å². The SMILES string of the molecule is NNC(Cc1ccccc1Br)C1CCc2ccccc2C1. The number of aryl methyl sites for hydroxylation is 1. The largest absolute Gasteiger partial charge is 0.271 e. The molecule has 0 amide bonds. The molecule has 0 saturated heterocycles. The van der Waals surface area contributed by atoms with Crippen molar-refractivity contribution < 1.29 is 0 Å². The maximum Gasteiger partial charge on any atom is 0.0282 e. The second kappa shape index (κ2) is 6.73. The van der Waals surface area contributed by atoms with Crippen LogP contribution in [0, 0.1) is 5.92 Å². The predicted molar refractivity (Wildman–Crippen MR) is 90.9 cm³/mol. The normalized spacial score (nSPS) is 19.0. The molecule has 2 nitrogen and oxygen atoms in total. The fourth-order valence-electron chi connectivity index (χ4n) is 3.33. The fourth-order valence-corrected chi connectivity index (χ4v) is 3.78. The fraction of sp³-hybridized carbons (Fsp3) is 0.333. The molecule has 21 heavy (non-hydrogen) atoms. The molecule has 0 aliphatic heterocycles. The summed E-state index contributed by atoms with van der Waals surface area (Å²) in [5, 5.41) is 0. The van der Waals surface area contributed by atoms with E-state index in [2.05, 4.69) is 69.9 Å². The Balaban J connectivity index is 1.74. The number of benzene rings is 2. The smallest absolute Gasteiger partial charge is 0.0282 e. The maximum atomic E-state index is 5.86. The zero-order valence-electron chi connectivity index (χ0n) is 12.1. The highest BCUT2D eigenvalue weighted by Gasteiger charge is 2.26. The Kier molecular flexibility index (Phi) is 4.73. The minimum atomic E-state index is 0.317. The molecule has 0 radical (unpaired) electrons. The van der Waals surface area contributed by atoms with Gasteiger partial charge in [0.1, 0.15) is 0 Å². The van der Waals surface area contributed by atoms with Crippen LogP contribution >= 0.6 is 15.9 Å². The molecule has 110 valence electrons. The van der Waals surface area contributed by atoms with Crippen molar-refractivity contribution in [1.29, 1.82) is 0 Å². The number of nitrogens with one attached hydrogen (secondary N) is 1. The van der Waals surface area contributed by atoms with Crippen LogP contribution < -0.4 is 11.3 Å². The highest BCUT2D eigenvalue weighted by atomic mass is 79.9. The minimum absolute atomic E-state index is 0.317. The van der Waals surface area contributed by atoms with E-state index in [1.165, 1.54) is 27.6 Å². The van der Waals surface area contributed by atoms with Crippen molar-refractivity contribution in [2.75, 3.05) is 0 Å². The van der Waals surface area contributed by atoms with Gasteiger partial charge < -0.3 is 0 Å². The van der Waals surface area contributed by atoms with Crippen molar-refractivity contribution in [3.8, 4) is 0 Å². The first kappa shape index (κ1) is 14.8. The summed E-state index contributed by atoms with van der Waals surface area (Å²) in [6.45, 7) is 0. The second-order valence-corrected chi connectivity index (χ2v) is 6.69. The molecule has 2 aromatic carbocycles. The van der Waals surface area contributed by atoms with Crippen molar-refractivity contribution in [1.82, 2.24) is 5.43 Å². The molecule has 0 bridgehead atoms. The predicted octanol–water partition coefficient (Wildman–Crippen LogP) is 3.63. The van der Waals surface area contributed by atoms with Crippen LogP contribution in [0.5, 0.6) is 0 Å². The number of hydrogen-bond acceptors (Lipinski definition) is 2. The number of fused-ring (bicyclic) bond motifs is 1. The summed E-state index contributed by atoms with van der Waals surface area (Å²) in [6.07, 6.45) is 4.45. The lowest BCUT2D eigenvalue weighted by molar-refractivity contribution is 0.321. The number of halogens is 1. The molecule has 0 spiro atoms. The van der Waals surface area contributed by atoms with Crippen molar-refractivity contribution in [3.63, 3.8) is 0 Å². The van der Waals surface area contributed by atoms with Crippen LogP contribution in [0.25, 0.3) is 0 Å². The Morgan fingerprint density at radius 3 is 2.57 bits per heavy atom. The van der Waals surface area contributed by atoms with E-state index >= 15 is 0 Å². The first-order chi connectivity index (χ1) is 10.3. The van der Waals surface area contributed by atoms with E-state index in [1.807, 2.05) is 0 Å². The molecule has 0 heterocycles. The Bertz CT molecular complexity index is 612. The van der Waals surface area contributed by atoms with Gasteiger partial charge in [-0.15, -0.1) is 0 Å². The van der Waals surface area contributed by atoms with Gasteiger partial charge in [-0.1, -0.05) is 58.4 Å². The van der Waals surface area contributed by atoms with Crippen LogP contribution in [0.2, 0.25) is 0 Å². The summed E-state index contributed by atoms with van der Waals surface area (Å²) in [7, 11) is 0. The minimum Gasteiger partial charge on any atom is -0.271 e. The molecule has 3 N–H and O–H groups in total. The summed E-state index contributed by atoms with van der Waals surface area (Å²) in [5.41, 5.74) is 7.37. The molecule has 1 aliphatic rings. The average molecular weight is 345 g/mol. The Labute approximate surface area is 134 Å². The van der Waals surface area contributed by atoms with Crippen LogP contribution in [-0.4, -0.2) is 6.04 Å². The molecule has 0 aromatic heterocycles. The molecule has 0 saturated carbocycles. The lowest BCUT2D eigenvalue weighted by Gasteiger charge is -2.31. The summed E-state index contributed by atoms with van der Waals surface area (Å²) in [4.78, 5) is 0. The van der Waals surface area contributed by atoms with Crippen molar-refractivity contribution in [2.24, 2.45) is 11.8 Å². The molecule has 2 aromatic rings.